The van der Waals surface area contributed by atoms with Gasteiger partial charge in [0.2, 0.25) is 0 Å². The number of benzene rings is 1. The van der Waals surface area contributed by atoms with Gasteiger partial charge in [0.25, 0.3) is 0 Å². The van der Waals surface area contributed by atoms with Gasteiger partial charge in [-0.3, -0.25) is 5.41 Å². The van der Waals surface area contributed by atoms with E-state index in [1.807, 2.05) is 31.2 Å². The van der Waals surface area contributed by atoms with E-state index in [0.29, 0.717) is 19.6 Å². The van der Waals surface area contributed by atoms with Gasteiger partial charge in [-0.1, -0.05) is 0 Å². The third-order valence-corrected chi connectivity index (χ3v) is 1.99. The van der Waals surface area contributed by atoms with Crippen molar-refractivity contribution in [2.24, 2.45) is 5.73 Å². The fourth-order valence-electron chi connectivity index (χ4n) is 1.25. The van der Waals surface area contributed by atoms with Gasteiger partial charge in [-0.05, 0) is 37.6 Å². The standard InChI is InChI=1S/C12H18N2O2/c1-2-15-10-5-7-11(8-6-10)16-9-3-4-12(13)14/h5-8H,2-4,9H2,1H3,(H3,13,14). The van der Waals surface area contributed by atoms with Crippen molar-refractivity contribution >= 4 is 5.84 Å². The molecule has 0 saturated carbocycles. The van der Waals surface area contributed by atoms with Crippen LogP contribution in [0.3, 0.4) is 0 Å². The molecule has 0 bridgehead atoms. The first-order chi connectivity index (χ1) is 7.72. The van der Waals surface area contributed by atoms with Crippen LogP contribution in [0.15, 0.2) is 24.3 Å². The number of rotatable bonds is 7. The molecule has 16 heavy (non-hydrogen) atoms. The van der Waals surface area contributed by atoms with Gasteiger partial charge < -0.3 is 15.2 Å². The van der Waals surface area contributed by atoms with Gasteiger partial charge in [0.15, 0.2) is 0 Å². The van der Waals surface area contributed by atoms with Crippen LogP contribution in [0.4, 0.5) is 0 Å². The van der Waals surface area contributed by atoms with Gasteiger partial charge >= 0.3 is 0 Å². The number of amidine groups is 1. The van der Waals surface area contributed by atoms with E-state index in [0.717, 1.165) is 17.9 Å². The Morgan fingerprint density at radius 3 is 2.25 bits per heavy atom. The minimum absolute atomic E-state index is 0.204. The van der Waals surface area contributed by atoms with Gasteiger partial charge in [-0.25, -0.2) is 0 Å². The molecule has 0 unspecified atom stereocenters. The molecule has 0 aliphatic rings. The molecule has 0 atom stereocenters. The summed E-state index contributed by atoms with van der Waals surface area (Å²) in [6.07, 6.45) is 1.35. The van der Waals surface area contributed by atoms with Gasteiger partial charge in [0, 0.05) is 6.42 Å². The second-order valence-electron chi connectivity index (χ2n) is 3.38. The molecule has 1 rings (SSSR count). The zero-order valence-corrected chi connectivity index (χ0v) is 9.53. The van der Waals surface area contributed by atoms with Crippen molar-refractivity contribution in [2.75, 3.05) is 13.2 Å². The first kappa shape index (κ1) is 12.4. The normalized spacial score (nSPS) is 9.81. The van der Waals surface area contributed by atoms with Crippen LogP contribution in [0.5, 0.6) is 11.5 Å². The Morgan fingerprint density at radius 1 is 1.19 bits per heavy atom. The van der Waals surface area contributed by atoms with Crippen LogP contribution < -0.4 is 15.2 Å². The molecule has 88 valence electrons. The lowest BCUT2D eigenvalue weighted by molar-refractivity contribution is 0.310. The van der Waals surface area contributed by atoms with E-state index >= 15 is 0 Å². The van der Waals surface area contributed by atoms with E-state index < -0.39 is 0 Å². The van der Waals surface area contributed by atoms with Gasteiger partial charge in [-0.15, -0.1) is 0 Å². The summed E-state index contributed by atoms with van der Waals surface area (Å²) < 4.78 is 10.8. The molecule has 4 heteroatoms. The average Bonchev–Trinajstić information content (AvgIpc) is 2.27. The van der Waals surface area contributed by atoms with E-state index in [1.54, 1.807) is 0 Å². The largest absolute Gasteiger partial charge is 0.494 e. The second-order valence-corrected chi connectivity index (χ2v) is 3.38. The highest BCUT2D eigenvalue weighted by molar-refractivity contribution is 5.76. The molecule has 1 aromatic carbocycles. The van der Waals surface area contributed by atoms with Crippen LogP contribution in [0, 0.1) is 5.41 Å². The van der Waals surface area contributed by atoms with E-state index in [4.69, 9.17) is 20.6 Å². The number of hydrogen-bond acceptors (Lipinski definition) is 3. The van der Waals surface area contributed by atoms with Crippen LogP contribution >= 0.6 is 0 Å². The highest BCUT2D eigenvalue weighted by Gasteiger charge is 1.96. The number of hydrogen-bond donors (Lipinski definition) is 2. The quantitative estimate of drug-likeness (QED) is 0.422. The van der Waals surface area contributed by atoms with Crippen molar-refractivity contribution in [3.05, 3.63) is 24.3 Å². The molecule has 0 amide bonds. The molecule has 0 spiro atoms. The fraction of sp³-hybridized carbons (Fsp3) is 0.417. The maximum atomic E-state index is 7.06. The summed E-state index contributed by atoms with van der Waals surface area (Å²) in [7, 11) is 0. The lowest BCUT2D eigenvalue weighted by Gasteiger charge is -2.07. The Hall–Kier alpha value is -1.71. The number of nitrogens with one attached hydrogen (secondary N) is 1. The fourth-order valence-corrected chi connectivity index (χ4v) is 1.25. The van der Waals surface area contributed by atoms with Crippen molar-refractivity contribution in [1.29, 1.82) is 5.41 Å². The first-order valence-electron chi connectivity index (χ1n) is 5.41. The topological polar surface area (TPSA) is 68.3 Å². The maximum absolute atomic E-state index is 7.06. The van der Waals surface area contributed by atoms with Gasteiger partial charge in [0.1, 0.15) is 11.5 Å². The van der Waals surface area contributed by atoms with Crippen LogP contribution in [0.25, 0.3) is 0 Å². The van der Waals surface area contributed by atoms with Crippen molar-refractivity contribution in [3.63, 3.8) is 0 Å². The van der Waals surface area contributed by atoms with E-state index in [-0.39, 0.29) is 5.84 Å². The van der Waals surface area contributed by atoms with Crippen LogP contribution in [-0.2, 0) is 0 Å². The van der Waals surface area contributed by atoms with Crippen molar-refractivity contribution in [3.8, 4) is 11.5 Å². The van der Waals surface area contributed by atoms with Gasteiger partial charge in [-0.2, -0.15) is 0 Å². The Labute approximate surface area is 95.9 Å². The van der Waals surface area contributed by atoms with E-state index in [1.165, 1.54) is 0 Å². The molecule has 0 aliphatic carbocycles. The van der Waals surface area contributed by atoms with Crippen LogP contribution in [0.1, 0.15) is 19.8 Å². The minimum atomic E-state index is 0.204. The third-order valence-electron chi connectivity index (χ3n) is 1.99. The molecule has 0 aromatic heterocycles. The monoisotopic (exact) mass is 222 g/mol. The van der Waals surface area contributed by atoms with E-state index in [9.17, 15) is 0 Å². The molecule has 0 radical (unpaired) electrons. The zero-order chi connectivity index (χ0) is 11.8. The maximum Gasteiger partial charge on any atom is 0.119 e. The molecule has 1 aromatic rings. The lowest BCUT2D eigenvalue weighted by Crippen LogP contribution is -2.10. The Morgan fingerprint density at radius 2 is 1.75 bits per heavy atom. The average molecular weight is 222 g/mol. The van der Waals surface area contributed by atoms with Gasteiger partial charge in [0.05, 0.1) is 19.0 Å². The molecule has 4 nitrogen and oxygen atoms in total. The molecular formula is C12H18N2O2. The molecule has 0 fully saturated rings. The molecule has 3 N–H and O–H groups in total. The lowest BCUT2D eigenvalue weighted by atomic mass is 10.3. The molecular weight excluding hydrogens is 204 g/mol. The second kappa shape index (κ2) is 6.71. The van der Waals surface area contributed by atoms with Crippen molar-refractivity contribution < 1.29 is 9.47 Å². The summed E-state index contributed by atoms with van der Waals surface area (Å²) in [4.78, 5) is 0. The predicted molar refractivity (Wildman–Crippen MR) is 64.3 cm³/mol. The number of nitrogens with two attached hydrogens (primary N) is 1. The Bertz CT molecular complexity index is 322. The highest BCUT2D eigenvalue weighted by Crippen LogP contribution is 2.17. The summed E-state index contributed by atoms with van der Waals surface area (Å²) in [6.45, 7) is 3.19. The summed E-state index contributed by atoms with van der Waals surface area (Å²) >= 11 is 0. The predicted octanol–water partition coefficient (Wildman–Crippen LogP) is 2.18. The zero-order valence-electron chi connectivity index (χ0n) is 9.53. The summed E-state index contributed by atoms with van der Waals surface area (Å²) in [5, 5.41) is 7.06. The molecule has 0 saturated heterocycles. The summed E-state index contributed by atoms with van der Waals surface area (Å²) in [5.74, 6) is 1.86. The van der Waals surface area contributed by atoms with Crippen molar-refractivity contribution in [1.82, 2.24) is 0 Å². The van der Waals surface area contributed by atoms with E-state index in [2.05, 4.69) is 0 Å². The number of ether oxygens (including phenoxy) is 2. The highest BCUT2D eigenvalue weighted by atomic mass is 16.5. The third kappa shape index (κ3) is 4.68. The summed E-state index contributed by atoms with van der Waals surface area (Å²) in [6, 6.07) is 7.51. The molecule has 0 heterocycles. The van der Waals surface area contributed by atoms with Crippen molar-refractivity contribution in [2.45, 2.75) is 19.8 Å². The smallest absolute Gasteiger partial charge is 0.119 e. The Kier molecular flexibility index (Phi) is 5.19. The van der Waals surface area contributed by atoms with Crippen LogP contribution in [-0.4, -0.2) is 19.0 Å². The summed E-state index contributed by atoms with van der Waals surface area (Å²) in [5.41, 5.74) is 5.24. The SMILES string of the molecule is CCOc1ccc(OCCCC(=N)N)cc1. The minimum Gasteiger partial charge on any atom is -0.494 e. The van der Waals surface area contributed by atoms with Crippen LogP contribution in [0.2, 0.25) is 0 Å². The first-order valence-corrected chi connectivity index (χ1v) is 5.41. The Balaban J connectivity index is 2.29. The molecule has 0 aliphatic heterocycles.